The van der Waals surface area contributed by atoms with Gasteiger partial charge in [-0.25, -0.2) is 0 Å². The molecule has 0 atom stereocenters. The van der Waals surface area contributed by atoms with Crippen molar-refractivity contribution in [3.63, 3.8) is 0 Å². The molecule has 1 rings (SSSR count). The van der Waals surface area contributed by atoms with Crippen molar-refractivity contribution in [2.45, 2.75) is 20.5 Å². The summed E-state index contributed by atoms with van der Waals surface area (Å²) in [6.07, 6.45) is 0. The summed E-state index contributed by atoms with van der Waals surface area (Å²) in [6.45, 7) is 3.72. The number of benzene rings is 1. The lowest BCUT2D eigenvalue weighted by Gasteiger charge is -2.21. The van der Waals surface area contributed by atoms with E-state index in [2.05, 4.69) is 4.74 Å². The van der Waals surface area contributed by atoms with Crippen LogP contribution in [-0.4, -0.2) is 24.8 Å². The summed E-state index contributed by atoms with van der Waals surface area (Å²) in [4.78, 5) is 11.4. The van der Waals surface area contributed by atoms with Gasteiger partial charge in [0.2, 0.25) is 0 Å². The van der Waals surface area contributed by atoms with E-state index in [0.717, 1.165) is 5.56 Å². The van der Waals surface area contributed by atoms with Crippen LogP contribution in [0.4, 0.5) is 0 Å². The Balaban J connectivity index is 2.63. The normalized spacial score (nSPS) is 11.1. The van der Waals surface area contributed by atoms with Crippen LogP contribution in [0.3, 0.4) is 0 Å². The molecule has 0 aliphatic heterocycles. The molecule has 0 bridgehead atoms. The first-order valence-corrected chi connectivity index (χ1v) is 5.40. The van der Waals surface area contributed by atoms with E-state index in [1.807, 2.05) is 0 Å². The second-order valence-electron chi connectivity index (χ2n) is 4.47. The SMILES string of the molecule is COC(=O)C(C)(C)COc1cccc(CO)c1. The van der Waals surface area contributed by atoms with E-state index in [4.69, 9.17) is 9.84 Å². The molecule has 1 aromatic carbocycles. The molecular weight excluding hydrogens is 220 g/mol. The Morgan fingerprint density at radius 1 is 1.41 bits per heavy atom. The van der Waals surface area contributed by atoms with E-state index < -0.39 is 5.41 Å². The molecule has 0 fully saturated rings. The van der Waals surface area contributed by atoms with Gasteiger partial charge in [-0.1, -0.05) is 12.1 Å². The van der Waals surface area contributed by atoms with Crippen molar-refractivity contribution in [3.05, 3.63) is 29.8 Å². The molecule has 0 spiro atoms. The van der Waals surface area contributed by atoms with E-state index >= 15 is 0 Å². The fourth-order valence-electron chi connectivity index (χ4n) is 1.33. The smallest absolute Gasteiger partial charge is 0.314 e. The Morgan fingerprint density at radius 2 is 2.12 bits per heavy atom. The van der Waals surface area contributed by atoms with E-state index in [1.54, 1.807) is 38.1 Å². The van der Waals surface area contributed by atoms with Gasteiger partial charge in [-0.05, 0) is 31.5 Å². The summed E-state index contributed by atoms with van der Waals surface area (Å²) in [5.41, 5.74) is 0.0858. The van der Waals surface area contributed by atoms with E-state index in [-0.39, 0.29) is 19.2 Å². The average molecular weight is 238 g/mol. The van der Waals surface area contributed by atoms with Gasteiger partial charge in [0, 0.05) is 0 Å². The highest BCUT2D eigenvalue weighted by Gasteiger charge is 2.29. The minimum Gasteiger partial charge on any atom is -0.492 e. The van der Waals surface area contributed by atoms with Crippen molar-refractivity contribution in [2.24, 2.45) is 5.41 Å². The molecule has 94 valence electrons. The van der Waals surface area contributed by atoms with Crippen LogP contribution in [0.5, 0.6) is 5.75 Å². The van der Waals surface area contributed by atoms with Crippen molar-refractivity contribution >= 4 is 5.97 Å². The van der Waals surface area contributed by atoms with Gasteiger partial charge in [0.1, 0.15) is 12.4 Å². The van der Waals surface area contributed by atoms with Crippen molar-refractivity contribution in [1.82, 2.24) is 0 Å². The molecule has 0 unspecified atom stereocenters. The van der Waals surface area contributed by atoms with Gasteiger partial charge in [0.25, 0.3) is 0 Å². The maximum Gasteiger partial charge on any atom is 0.314 e. The molecule has 4 nitrogen and oxygen atoms in total. The van der Waals surface area contributed by atoms with Crippen LogP contribution in [0.1, 0.15) is 19.4 Å². The first-order valence-electron chi connectivity index (χ1n) is 5.40. The van der Waals surface area contributed by atoms with Gasteiger partial charge in [0.05, 0.1) is 19.1 Å². The third-order valence-electron chi connectivity index (χ3n) is 2.42. The van der Waals surface area contributed by atoms with Gasteiger partial charge in [-0.3, -0.25) is 4.79 Å². The Labute approximate surface area is 101 Å². The van der Waals surface area contributed by atoms with Crippen LogP contribution in [0.25, 0.3) is 0 Å². The number of aliphatic hydroxyl groups is 1. The van der Waals surface area contributed by atoms with Crippen molar-refractivity contribution in [1.29, 1.82) is 0 Å². The van der Waals surface area contributed by atoms with E-state index in [0.29, 0.717) is 5.75 Å². The lowest BCUT2D eigenvalue weighted by atomic mass is 9.95. The summed E-state index contributed by atoms with van der Waals surface area (Å²) in [5.74, 6) is 0.323. The first-order chi connectivity index (χ1) is 7.99. The lowest BCUT2D eigenvalue weighted by Crippen LogP contribution is -2.32. The Morgan fingerprint density at radius 3 is 2.71 bits per heavy atom. The van der Waals surface area contributed by atoms with Gasteiger partial charge in [-0.15, -0.1) is 0 Å². The number of rotatable bonds is 5. The lowest BCUT2D eigenvalue weighted by molar-refractivity contribution is -0.152. The van der Waals surface area contributed by atoms with Crippen LogP contribution in [0, 0.1) is 5.41 Å². The largest absolute Gasteiger partial charge is 0.492 e. The van der Waals surface area contributed by atoms with E-state index in [9.17, 15) is 4.79 Å². The molecule has 17 heavy (non-hydrogen) atoms. The van der Waals surface area contributed by atoms with Crippen molar-refractivity contribution < 1.29 is 19.4 Å². The molecule has 1 aromatic rings. The van der Waals surface area contributed by atoms with Gasteiger partial charge >= 0.3 is 5.97 Å². The number of carbonyl (C=O) groups excluding carboxylic acids is 1. The molecule has 0 aliphatic carbocycles. The maximum atomic E-state index is 11.4. The maximum absolute atomic E-state index is 11.4. The Kier molecular flexibility index (Phi) is 4.52. The van der Waals surface area contributed by atoms with Crippen LogP contribution in [-0.2, 0) is 16.1 Å². The molecule has 0 saturated heterocycles. The minimum absolute atomic E-state index is 0.0302. The number of carbonyl (C=O) groups is 1. The molecule has 0 saturated carbocycles. The molecule has 0 aromatic heterocycles. The molecule has 1 N–H and O–H groups in total. The fraction of sp³-hybridized carbons (Fsp3) is 0.462. The zero-order chi connectivity index (χ0) is 12.9. The minimum atomic E-state index is -0.691. The number of ether oxygens (including phenoxy) is 2. The molecule has 4 heteroatoms. The zero-order valence-corrected chi connectivity index (χ0v) is 10.4. The summed E-state index contributed by atoms with van der Waals surface area (Å²) >= 11 is 0. The number of esters is 1. The second-order valence-corrected chi connectivity index (χ2v) is 4.47. The Bertz CT molecular complexity index is 385. The summed E-state index contributed by atoms with van der Waals surface area (Å²) in [7, 11) is 1.36. The Hall–Kier alpha value is -1.55. The monoisotopic (exact) mass is 238 g/mol. The van der Waals surface area contributed by atoms with Crippen LogP contribution in [0.15, 0.2) is 24.3 Å². The predicted octanol–water partition coefficient (Wildman–Crippen LogP) is 1.76. The zero-order valence-electron chi connectivity index (χ0n) is 10.4. The van der Waals surface area contributed by atoms with Crippen LogP contribution < -0.4 is 4.74 Å². The number of aliphatic hydroxyl groups excluding tert-OH is 1. The highest BCUT2D eigenvalue weighted by molar-refractivity contribution is 5.75. The second kappa shape index (κ2) is 5.68. The van der Waals surface area contributed by atoms with E-state index in [1.165, 1.54) is 7.11 Å². The predicted molar refractivity (Wildman–Crippen MR) is 63.7 cm³/mol. The molecule has 0 amide bonds. The standard InChI is InChI=1S/C13H18O4/c1-13(2,12(15)16-3)9-17-11-6-4-5-10(7-11)8-14/h4-7,14H,8-9H2,1-3H3. The topological polar surface area (TPSA) is 55.8 Å². The highest BCUT2D eigenvalue weighted by atomic mass is 16.5. The van der Waals surface area contributed by atoms with Gasteiger partial charge in [0.15, 0.2) is 0 Å². The number of hydrogen-bond donors (Lipinski definition) is 1. The fourth-order valence-corrected chi connectivity index (χ4v) is 1.33. The molecule has 0 radical (unpaired) electrons. The van der Waals surface area contributed by atoms with Crippen LogP contribution >= 0.6 is 0 Å². The third-order valence-corrected chi connectivity index (χ3v) is 2.42. The summed E-state index contributed by atoms with van der Waals surface area (Å²) < 4.78 is 10.2. The summed E-state index contributed by atoms with van der Waals surface area (Å²) in [5, 5.41) is 8.99. The van der Waals surface area contributed by atoms with Crippen molar-refractivity contribution in [3.8, 4) is 5.75 Å². The first kappa shape index (κ1) is 13.5. The molecule has 0 aliphatic rings. The highest BCUT2D eigenvalue weighted by Crippen LogP contribution is 2.20. The molecular formula is C13H18O4. The number of hydrogen-bond acceptors (Lipinski definition) is 4. The average Bonchev–Trinajstić information content (AvgIpc) is 2.35. The quantitative estimate of drug-likeness (QED) is 0.794. The third kappa shape index (κ3) is 3.75. The number of methoxy groups -OCH3 is 1. The summed E-state index contributed by atoms with van der Waals surface area (Å²) in [6, 6.07) is 7.13. The van der Waals surface area contributed by atoms with Gasteiger partial charge < -0.3 is 14.6 Å². The van der Waals surface area contributed by atoms with Crippen molar-refractivity contribution in [2.75, 3.05) is 13.7 Å². The van der Waals surface area contributed by atoms with Gasteiger partial charge in [-0.2, -0.15) is 0 Å². The molecule has 0 heterocycles. The van der Waals surface area contributed by atoms with Crippen LogP contribution in [0.2, 0.25) is 0 Å².